The zero-order valence-corrected chi connectivity index (χ0v) is 8.60. The van der Waals surface area contributed by atoms with Crippen molar-refractivity contribution in [1.29, 1.82) is 0 Å². The van der Waals surface area contributed by atoms with Gasteiger partial charge in [-0.1, -0.05) is 0 Å². The van der Waals surface area contributed by atoms with Gasteiger partial charge in [-0.25, -0.2) is 0 Å². The van der Waals surface area contributed by atoms with Gasteiger partial charge in [-0.15, -0.1) is 10.2 Å². The van der Waals surface area contributed by atoms with Crippen LogP contribution in [-0.2, 0) is 13.6 Å². The van der Waals surface area contributed by atoms with Crippen LogP contribution in [0.15, 0.2) is 12.3 Å². The predicted molar refractivity (Wildman–Crippen MR) is 51.8 cm³/mol. The van der Waals surface area contributed by atoms with Crippen molar-refractivity contribution in [2.75, 3.05) is 0 Å². The topological polar surface area (TPSA) is 48.5 Å². The standard InChI is InChI=1S/C9H13N5/c1-7-4-5-10-14(7)6-9-12-11-8(2)13(9)3/h4-5H,6H2,1-3H3. The molecule has 14 heavy (non-hydrogen) atoms. The molecule has 2 aromatic heterocycles. The van der Waals surface area contributed by atoms with Crippen molar-refractivity contribution in [2.45, 2.75) is 20.4 Å². The van der Waals surface area contributed by atoms with Crippen LogP contribution < -0.4 is 0 Å². The number of nitrogens with zero attached hydrogens (tertiary/aromatic N) is 5. The summed E-state index contributed by atoms with van der Waals surface area (Å²) in [5.74, 6) is 1.85. The second-order valence-corrected chi connectivity index (χ2v) is 3.35. The molecular weight excluding hydrogens is 178 g/mol. The molecule has 0 atom stereocenters. The molecule has 2 aromatic rings. The Balaban J connectivity index is 2.27. The van der Waals surface area contributed by atoms with E-state index in [1.54, 1.807) is 6.20 Å². The molecule has 0 aliphatic heterocycles. The molecule has 0 saturated heterocycles. The first-order valence-electron chi connectivity index (χ1n) is 4.52. The maximum absolute atomic E-state index is 4.20. The molecule has 74 valence electrons. The Morgan fingerprint density at radius 3 is 2.57 bits per heavy atom. The van der Waals surface area contributed by atoms with Crippen molar-refractivity contribution in [3.63, 3.8) is 0 Å². The summed E-state index contributed by atoms with van der Waals surface area (Å²) in [5, 5.41) is 12.3. The summed E-state index contributed by atoms with van der Waals surface area (Å²) in [6.07, 6.45) is 1.79. The van der Waals surface area contributed by atoms with E-state index < -0.39 is 0 Å². The van der Waals surface area contributed by atoms with Crippen LogP contribution in [0.3, 0.4) is 0 Å². The second kappa shape index (κ2) is 3.25. The van der Waals surface area contributed by atoms with Crippen molar-refractivity contribution >= 4 is 0 Å². The number of aryl methyl sites for hydroxylation is 2. The zero-order valence-electron chi connectivity index (χ0n) is 8.60. The lowest BCUT2D eigenvalue weighted by Gasteiger charge is -2.03. The van der Waals surface area contributed by atoms with Gasteiger partial charge in [-0.3, -0.25) is 4.68 Å². The highest BCUT2D eigenvalue weighted by atomic mass is 15.3. The summed E-state index contributed by atoms with van der Waals surface area (Å²) >= 11 is 0. The summed E-state index contributed by atoms with van der Waals surface area (Å²) in [7, 11) is 1.96. The quantitative estimate of drug-likeness (QED) is 0.701. The molecule has 0 saturated carbocycles. The number of hydrogen-bond acceptors (Lipinski definition) is 3. The maximum Gasteiger partial charge on any atom is 0.154 e. The predicted octanol–water partition coefficient (Wildman–Crippen LogP) is 0.677. The summed E-state index contributed by atoms with van der Waals surface area (Å²) in [4.78, 5) is 0. The molecule has 0 bridgehead atoms. The lowest BCUT2D eigenvalue weighted by atomic mass is 10.4. The molecule has 0 aromatic carbocycles. The molecule has 0 radical (unpaired) electrons. The van der Waals surface area contributed by atoms with Gasteiger partial charge < -0.3 is 4.57 Å². The fourth-order valence-electron chi connectivity index (χ4n) is 1.29. The lowest BCUT2D eigenvalue weighted by Crippen LogP contribution is -2.09. The third-order valence-corrected chi connectivity index (χ3v) is 2.40. The number of rotatable bonds is 2. The monoisotopic (exact) mass is 191 g/mol. The summed E-state index contributed by atoms with van der Waals surface area (Å²) in [6, 6.07) is 1.98. The van der Waals surface area contributed by atoms with Crippen molar-refractivity contribution in [3.8, 4) is 0 Å². The molecule has 2 rings (SSSR count). The van der Waals surface area contributed by atoms with Crippen LogP contribution in [0.4, 0.5) is 0 Å². The third kappa shape index (κ3) is 1.41. The second-order valence-electron chi connectivity index (χ2n) is 3.35. The normalized spacial score (nSPS) is 10.8. The van der Waals surface area contributed by atoms with E-state index in [4.69, 9.17) is 0 Å². The van der Waals surface area contributed by atoms with E-state index >= 15 is 0 Å². The van der Waals surface area contributed by atoms with Crippen LogP contribution in [0.2, 0.25) is 0 Å². The Hall–Kier alpha value is -1.65. The highest BCUT2D eigenvalue weighted by Gasteiger charge is 2.06. The van der Waals surface area contributed by atoms with E-state index in [0.29, 0.717) is 6.54 Å². The van der Waals surface area contributed by atoms with Crippen LogP contribution in [0.1, 0.15) is 17.3 Å². The average Bonchev–Trinajstić information content (AvgIpc) is 2.68. The molecule has 0 aliphatic rings. The van der Waals surface area contributed by atoms with Crippen molar-refractivity contribution in [2.24, 2.45) is 7.05 Å². The molecule has 0 aliphatic carbocycles. The molecule has 0 spiro atoms. The van der Waals surface area contributed by atoms with E-state index in [9.17, 15) is 0 Å². The molecule has 2 heterocycles. The van der Waals surface area contributed by atoms with E-state index in [1.165, 1.54) is 0 Å². The Morgan fingerprint density at radius 1 is 1.29 bits per heavy atom. The van der Waals surface area contributed by atoms with Crippen molar-refractivity contribution in [3.05, 3.63) is 29.6 Å². The van der Waals surface area contributed by atoms with E-state index in [2.05, 4.69) is 15.3 Å². The van der Waals surface area contributed by atoms with Gasteiger partial charge in [0.25, 0.3) is 0 Å². The summed E-state index contributed by atoms with van der Waals surface area (Å²) in [5.41, 5.74) is 1.13. The Labute approximate surface area is 82.4 Å². The van der Waals surface area contributed by atoms with Crippen LogP contribution in [0, 0.1) is 13.8 Å². The molecule has 5 nitrogen and oxygen atoms in total. The van der Waals surface area contributed by atoms with Crippen molar-refractivity contribution < 1.29 is 0 Å². The van der Waals surface area contributed by atoms with E-state index in [-0.39, 0.29) is 0 Å². The summed E-state index contributed by atoms with van der Waals surface area (Å²) in [6.45, 7) is 4.64. The van der Waals surface area contributed by atoms with Gasteiger partial charge >= 0.3 is 0 Å². The maximum atomic E-state index is 4.20. The highest BCUT2D eigenvalue weighted by Crippen LogP contribution is 2.02. The number of hydrogen-bond donors (Lipinski definition) is 0. The molecule has 0 fully saturated rings. The Morgan fingerprint density at radius 2 is 2.07 bits per heavy atom. The molecule has 0 amide bonds. The van der Waals surface area contributed by atoms with Gasteiger partial charge in [0.2, 0.25) is 0 Å². The van der Waals surface area contributed by atoms with Gasteiger partial charge in [-0.05, 0) is 19.9 Å². The summed E-state index contributed by atoms with van der Waals surface area (Å²) < 4.78 is 3.88. The minimum atomic E-state index is 0.677. The minimum Gasteiger partial charge on any atom is -0.317 e. The first-order valence-corrected chi connectivity index (χ1v) is 4.52. The number of aromatic nitrogens is 5. The fourth-order valence-corrected chi connectivity index (χ4v) is 1.29. The van der Waals surface area contributed by atoms with E-state index in [0.717, 1.165) is 17.3 Å². The Kier molecular flexibility index (Phi) is 2.07. The average molecular weight is 191 g/mol. The van der Waals surface area contributed by atoms with Gasteiger partial charge in [-0.2, -0.15) is 5.10 Å². The van der Waals surface area contributed by atoms with Crippen LogP contribution in [0.25, 0.3) is 0 Å². The molecular formula is C9H13N5. The highest BCUT2D eigenvalue weighted by molar-refractivity contribution is 5.00. The van der Waals surface area contributed by atoms with Gasteiger partial charge in [0, 0.05) is 18.9 Å². The molecule has 0 unspecified atom stereocenters. The zero-order chi connectivity index (χ0) is 10.1. The van der Waals surface area contributed by atoms with Gasteiger partial charge in [0.1, 0.15) is 12.4 Å². The lowest BCUT2D eigenvalue weighted by molar-refractivity contribution is 0.612. The SMILES string of the molecule is Cc1ccnn1Cc1nnc(C)n1C. The first kappa shape index (κ1) is 8.93. The van der Waals surface area contributed by atoms with Crippen LogP contribution in [-0.4, -0.2) is 24.5 Å². The van der Waals surface area contributed by atoms with E-state index in [1.807, 2.05) is 36.2 Å². The van der Waals surface area contributed by atoms with Gasteiger partial charge in [0.15, 0.2) is 5.82 Å². The van der Waals surface area contributed by atoms with Crippen LogP contribution >= 0.6 is 0 Å². The Bertz CT molecular complexity index is 440. The van der Waals surface area contributed by atoms with Crippen molar-refractivity contribution in [1.82, 2.24) is 24.5 Å². The minimum absolute atomic E-state index is 0.677. The fraction of sp³-hybridized carbons (Fsp3) is 0.444. The van der Waals surface area contributed by atoms with Gasteiger partial charge in [0.05, 0.1) is 0 Å². The molecule has 5 heteroatoms. The third-order valence-electron chi connectivity index (χ3n) is 2.40. The smallest absolute Gasteiger partial charge is 0.154 e. The first-order chi connectivity index (χ1) is 6.68. The largest absolute Gasteiger partial charge is 0.317 e. The molecule has 0 N–H and O–H groups in total. The van der Waals surface area contributed by atoms with Crippen LogP contribution in [0.5, 0.6) is 0 Å².